The van der Waals surface area contributed by atoms with Crippen LogP contribution in [0.4, 0.5) is 17.1 Å². The van der Waals surface area contributed by atoms with Gasteiger partial charge in [0.05, 0.1) is 5.69 Å². The smallest absolute Gasteiger partial charge is 0.160 e. The van der Waals surface area contributed by atoms with E-state index in [1.54, 1.807) is 0 Å². The van der Waals surface area contributed by atoms with Crippen molar-refractivity contribution in [3.8, 4) is 33.4 Å². The van der Waals surface area contributed by atoms with E-state index in [0.717, 1.165) is 83.0 Å². The molecule has 0 saturated heterocycles. The van der Waals surface area contributed by atoms with E-state index in [4.69, 9.17) is 8.83 Å². The van der Waals surface area contributed by atoms with Crippen molar-refractivity contribution in [1.82, 2.24) is 0 Å². The van der Waals surface area contributed by atoms with Gasteiger partial charge in [0.2, 0.25) is 0 Å². The van der Waals surface area contributed by atoms with Gasteiger partial charge in [-0.15, -0.1) is 0 Å². The maximum absolute atomic E-state index is 6.82. The number of anilines is 3. The van der Waals surface area contributed by atoms with Crippen LogP contribution in [0.1, 0.15) is 0 Å². The molecule has 0 fully saturated rings. The number of furan rings is 2. The van der Waals surface area contributed by atoms with Crippen LogP contribution < -0.4 is 4.90 Å². The van der Waals surface area contributed by atoms with Crippen molar-refractivity contribution in [3.63, 3.8) is 0 Å². The number of hydrogen-bond acceptors (Lipinski definition) is 3. The third kappa shape index (κ3) is 5.44. The molecule has 10 aromatic carbocycles. The second-order valence-electron chi connectivity index (χ2n) is 15.2. The molecule has 3 nitrogen and oxygen atoms in total. The van der Waals surface area contributed by atoms with Gasteiger partial charge in [-0.3, -0.25) is 0 Å². The summed E-state index contributed by atoms with van der Waals surface area (Å²) in [6.45, 7) is 0. The summed E-state index contributed by atoms with van der Waals surface area (Å²) in [5.74, 6) is 0. The van der Waals surface area contributed by atoms with Gasteiger partial charge in [-0.05, 0) is 110 Å². The second-order valence-corrected chi connectivity index (χ2v) is 15.2. The molecule has 12 aromatic rings. The minimum Gasteiger partial charge on any atom is -0.456 e. The highest BCUT2D eigenvalue weighted by atomic mass is 16.3. The monoisotopic (exact) mass is 753 g/mol. The maximum Gasteiger partial charge on any atom is 0.160 e. The zero-order valence-electron chi connectivity index (χ0n) is 32.0. The largest absolute Gasteiger partial charge is 0.456 e. The van der Waals surface area contributed by atoms with Crippen molar-refractivity contribution in [2.75, 3.05) is 4.90 Å². The van der Waals surface area contributed by atoms with Crippen molar-refractivity contribution in [2.24, 2.45) is 0 Å². The predicted molar refractivity (Wildman–Crippen MR) is 247 cm³/mol. The van der Waals surface area contributed by atoms with Crippen LogP contribution in [0.3, 0.4) is 0 Å². The summed E-state index contributed by atoms with van der Waals surface area (Å²) in [6, 6.07) is 75.7. The van der Waals surface area contributed by atoms with Gasteiger partial charge in [0.15, 0.2) is 5.58 Å². The molecule has 0 aliphatic carbocycles. The lowest BCUT2D eigenvalue weighted by Crippen LogP contribution is -2.10. The van der Waals surface area contributed by atoms with Crippen LogP contribution in [0.2, 0.25) is 0 Å². The molecule has 12 rings (SSSR count). The summed E-state index contributed by atoms with van der Waals surface area (Å²) >= 11 is 0. The van der Waals surface area contributed by atoms with E-state index < -0.39 is 0 Å². The fraction of sp³-hybridized carbons (Fsp3) is 0. The summed E-state index contributed by atoms with van der Waals surface area (Å²) in [4.78, 5) is 2.34. The Hall–Kier alpha value is -7.88. The normalized spacial score (nSPS) is 11.7. The van der Waals surface area contributed by atoms with Crippen LogP contribution >= 0.6 is 0 Å². The molecular weight excluding hydrogens is 719 g/mol. The molecule has 3 heteroatoms. The van der Waals surface area contributed by atoms with Crippen LogP contribution in [0.25, 0.3) is 98.8 Å². The van der Waals surface area contributed by atoms with Gasteiger partial charge in [-0.2, -0.15) is 0 Å². The Labute approximate surface area is 340 Å². The van der Waals surface area contributed by atoms with Crippen molar-refractivity contribution in [2.45, 2.75) is 0 Å². The molecule has 0 radical (unpaired) electrons. The predicted octanol–water partition coefficient (Wildman–Crippen LogP) is 16.3. The number of benzene rings is 10. The first-order chi connectivity index (χ1) is 29.2. The van der Waals surface area contributed by atoms with Crippen LogP contribution in [0.5, 0.6) is 0 Å². The number of hydrogen-bond donors (Lipinski definition) is 0. The lowest BCUT2D eigenvalue weighted by Gasteiger charge is -2.26. The Bertz CT molecular complexity index is 3540. The number of nitrogens with zero attached hydrogens (tertiary/aromatic N) is 1. The standard InChI is InChI=1S/C56H35NO2/c1-2-12-37(13-3-1)44-20-10-15-39-16-11-21-45(54(39)44)38-26-31-43(32-27-38)57(50-34-41-14-4-5-17-46(41)55-49-19-7-9-23-52(49)59-56(50)55)42-29-24-36(25-30-42)40-28-33-48-47-18-6-8-22-51(47)58-53(48)35-40/h1-35H. The first-order valence-electron chi connectivity index (χ1n) is 20.1. The molecule has 0 saturated carbocycles. The molecule has 0 unspecified atom stereocenters. The topological polar surface area (TPSA) is 29.5 Å². The van der Waals surface area contributed by atoms with Crippen molar-refractivity contribution in [3.05, 3.63) is 212 Å². The Morgan fingerprint density at radius 2 is 0.847 bits per heavy atom. The Morgan fingerprint density at radius 1 is 0.305 bits per heavy atom. The highest BCUT2D eigenvalue weighted by Crippen LogP contribution is 2.46. The zero-order valence-corrected chi connectivity index (χ0v) is 32.0. The quantitative estimate of drug-likeness (QED) is 0.169. The number of fused-ring (bicyclic) bond motifs is 9. The fourth-order valence-electron chi connectivity index (χ4n) is 9.09. The molecule has 0 aliphatic rings. The number of para-hydroxylation sites is 2. The van der Waals surface area contributed by atoms with Gasteiger partial charge in [-0.25, -0.2) is 0 Å². The average molecular weight is 754 g/mol. The van der Waals surface area contributed by atoms with Crippen molar-refractivity contribution >= 4 is 82.5 Å². The molecule has 0 aliphatic heterocycles. The molecule has 2 aromatic heterocycles. The molecule has 0 N–H and O–H groups in total. The Kier molecular flexibility index (Phi) is 7.54. The summed E-state index contributed by atoms with van der Waals surface area (Å²) in [5, 5.41) is 9.29. The zero-order chi connectivity index (χ0) is 38.9. The average Bonchev–Trinajstić information content (AvgIpc) is 3.89. The third-order valence-electron chi connectivity index (χ3n) is 11.9. The molecular formula is C56H35NO2. The molecule has 0 atom stereocenters. The van der Waals surface area contributed by atoms with Gasteiger partial charge in [0.1, 0.15) is 16.7 Å². The lowest BCUT2D eigenvalue weighted by molar-refractivity contribution is 0.669. The summed E-state index contributed by atoms with van der Waals surface area (Å²) in [7, 11) is 0. The van der Waals surface area contributed by atoms with Crippen molar-refractivity contribution in [1.29, 1.82) is 0 Å². The van der Waals surface area contributed by atoms with Crippen molar-refractivity contribution < 1.29 is 8.83 Å². The van der Waals surface area contributed by atoms with Gasteiger partial charge in [-0.1, -0.05) is 158 Å². The highest BCUT2D eigenvalue weighted by Gasteiger charge is 2.22. The van der Waals surface area contributed by atoms with E-state index in [0.29, 0.717) is 0 Å². The van der Waals surface area contributed by atoms with E-state index in [2.05, 4.69) is 199 Å². The van der Waals surface area contributed by atoms with Crippen LogP contribution in [-0.2, 0) is 0 Å². The molecule has 0 bridgehead atoms. The SMILES string of the molecule is c1ccc(-c2cccc3cccc(-c4ccc(N(c5ccc(-c6ccc7c(c6)oc6ccccc67)cc5)c5cc6ccccc6c6c5oc5ccccc56)cc4)c23)cc1. The highest BCUT2D eigenvalue weighted by molar-refractivity contribution is 6.23. The first-order valence-corrected chi connectivity index (χ1v) is 20.1. The van der Waals surface area contributed by atoms with E-state index in [1.165, 1.54) is 32.8 Å². The minimum absolute atomic E-state index is 0.856. The first kappa shape index (κ1) is 33.3. The van der Waals surface area contributed by atoms with Gasteiger partial charge >= 0.3 is 0 Å². The van der Waals surface area contributed by atoms with Gasteiger partial charge in [0.25, 0.3) is 0 Å². The molecule has 0 amide bonds. The summed E-state index contributed by atoms with van der Waals surface area (Å²) in [5.41, 5.74) is 13.6. The summed E-state index contributed by atoms with van der Waals surface area (Å²) < 4.78 is 13.1. The lowest BCUT2D eigenvalue weighted by atomic mass is 9.91. The van der Waals surface area contributed by atoms with Gasteiger partial charge in [0, 0.05) is 32.9 Å². The Balaban J connectivity index is 1.03. The van der Waals surface area contributed by atoms with Crippen LogP contribution in [0, 0.1) is 0 Å². The van der Waals surface area contributed by atoms with Gasteiger partial charge < -0.3 is 13.7 Å². The fourth-order valence-corrected chi connectivity index (χ4v) is 9.09. The molecule has 2 heterocycles. The Morgan fingerprint density at radius 3 is 1.58 bits per heavy atom. The number of rotatable bonds is 6. The third-order valence-corrected chi connectivity index (χ3v) is 11.9. The van der Waals surface area contributed by atoms with Crippen LogP contribution in [0.15, 0.2) is 221 Å². The van der Waals surface area contributed by atoms with E-state index in [-0.39, 0.29) is 0 Å². The van der Waals surface area contributed by atoms with E-state index in [1.807, 2.05) is 18.2 Å². The van der Waals surface area contributed by atoms with E-state index in [9.17, 15) is 0 Å². The second kappa shape index (κ2) is 13.4. The molecule has 276 valence electrons. The molecule has 59 heavy (non-hydrogen) atoms. The minimum atomic E-state index is 0.856. The van der Waals surface area contributed by atoms with Crippen LogP contribution in [-0.4, -0.2) is 0 Å². The molecule has 0 spiro atoms. The van der Waals surface area contributed by atoms with E-state index >= 15 is 0 Å². The summed E-state index contributed by atoms with van der Waals surface area (Å²) in [6.07, 6.45) is 0. The maximum atomic E-state index is 6.82.